The van der Waals surface area contributed by atoms with E-state index in [0.717, 1.165) is 6.07 Å². The Morgan fingerprint density at radius 1 is 1.26 bits per heavy atom. The Bertz CT molecular complexity index is 1130. The number of benzene rings is 1. The van der Waals surface area contributed by atoms with Gasteiger partial charge in [-0.3, -0.25) is 0 Å². The third-order valence-electron chi connectivity index (χ3n) is 5.47. The minimum Gasteiger partial charge on any atom is -0.386 e. The van der Waals surface area contributed by atoms with Gasteiger partial charge in [-0.2, -0.15) is 13.2 Å². The van der Waals surface area contributed by atoms with E-state index in [0.29, 0.717) is 17.5 Å². The molecule has 1 fully saturated rings. The standard InChI is InChI=1S/C19H18F4N4O4/c1-18(30)13(29)17(27-5-4-9-15(24)25-7-26-16(9)27)31-14(18)12(28)8-2-3-11(20)10(6-8)19(21,22)23/h2-7,12-14,17,28-30H,1H3,(H2,24,25,26)/t12-,13+,14-,17-,18+/m1/s1. The molecule has 166 valence electrons. The van der Waals surface area contributed by atoms with Crippen LogP contribution in [0.2, 0.25) is 0 Å². The summed E-state index contributed by atoms with van der Waals surface area (Å²) in [5.74, 6) is -1.33. The molecule has 5 N–H and O–H groups in total. The number of ether oxygens (including phenoxy) is 1. The quantitative estimate of drug-likeness (QED) is 0.457. The predicted octanol–water partition coefficient (Wildman–Crippen LogP) is 1.91. The second-order valence-electron chi connectivity index (χ2n) is 7.52. The highest BCUT2D eigenvalue weighted by Crippen LogP contribution is 2.44. The van der Waals surface area contributed by atoms with E-state index in [1.807, 2.05) is 0 Å². The van der Waals surface area contributed by atoms with Crippen LogP contribution in [0.25, 0.3) is 11.0 Å². The summed E-state index contributed by atoms with van der Waals surface area (Å²) in [5.41, 5.74) is 2.09. The fourth-order valence-electron chi connectivity index (χ4n) is 3.75. The van der Waals surface area contributed by atoms with Crippen LogP contribution in [0.1, 0.15) is 30.4 Å². The summed E-state index contributed by atoms with van der Waals surface area (Å²) in [6, 6.07) is 3.53. The monoisotopic (exact) mass is 442 g/mol. The Labute approximate surface area is 172 Å². The van der Waals surface area contributed by atoms with Crippen molar-refractivity contribution in [2.24, 2.45) is 0 Å². The highest BCUT2D eigenvalue weighted by atomic mass is 19.4. The number of nitrogens with two attached hydrogens (primary N) is 1. The van der Waals surface area contributed by atoms with Gasteiger partial charge in [0.15, 0.2) is 6.23 Å². The van der Waals surface area contributed by atoms with E-state index in [2.05, 4.69) is 9.97 Å². The van der Waals surface area contributed by atoms with Gasteiger partial charge in [-0.1, -0.05) is 6.07 Å². The lowest BCUT2D eigenvalue weighted by molar-refractivity contribution is -0.140. The summed E-state index contributed by atoms with van der Waals surface area (Å²) < 4.78 is 59.8. The lowest BCUT2D eigenvalue weighted by Gasteiger charge is -2.30. The first-order valence-electron chi connectivity index (χ1n) is 9.10. The minimum atomic E-state index is -4.98. The lowest BCUT2D eigenvalue weighted by Crippen LogP contribution is -2.47. The first kappa shape index (κ1) is 21.4. The van der Waals surface area contributed by atoms with Crippen molar-refractivity contribution in [2.75, 3.05) is 5.73 Å². The average Bonchev–Trinajstić information content (AvgIpc) is 3.21. The number of hydrogen-bond acceptors (Lipinski definition) is 7. The summed E-state index contributed by atoms with van der Waals surface area (Å²) >= 11 is 0. The molecule has 0 bridgehead atoms. The molecular weight excluding hydrogens is 424 g/mol. The molecule has 1 saturated heterocycles. The second-order valence-corrected chi connectivity index (χ2v) is 7.52. The van der Waals surface area contributed by atoms with Gasteiger partial charge in [0.1, 0.15) is 47.5 Å². The zero-order valence-electron chi connectivity index (χ0n) is 16.0. The van der Waals surface area contributed by atoms with Crippen molar-refractivity contribution in [2.45, 2.75) is 43.2 Å². The molecule has 3 heterocycles. The van der Waals surface area contributed by atoms with Gasteiger partial charge in [-0.25, -0.2) is 14.4 Å². The zero-order chi connectivity index (χ0) is 22.7. The minimum absolute atomic E-state index is 0.172. The Kier molecular flexibility index (Phi) is 4.92. The van der Waals surface area contributed by atoms with E-state index < -0.39 is 47.7 Å². The van der Waals surface area contributed by atoms with Crippen LogP contribution in [0.3, 0.4) is 0 Å². The molecule has 1 aliphatic heterocycles. The molecule has 5 atom stereocenters. The zero-order valence-corrected chi connectivity index (χ0v) is 16.0. The van der Waals surface area contributed by atoms with Crippen molar-refractivity contribution in [1.82, 2.24) is 14.5 Å². The Hall–Kier alpha value is -2.80. The van der Waals surface area contributed by atoms with Gasteiger partial charge < -0.3 is 30.4 Å². The highest BCUT2D eigenvalue weighted by Gasteiger charge is 2.56. The maximum atomic E-state index is 13.6. The topological polar surface area (TPSA) is 127 Å². The smallest absolute Gasteiger partial charge is 0.386 e. The van der Waals surface area contributed by atoms with Gasteiger partial charge in [0.25, 0.3) is 0 Å². The number of rotatable bonds is 3. The fourth-order valence-corrected chi connectivity index (χ4v) is 3.75. The van der Waals surface area contributed by atoms with Gasteiger partial charge in [0, 0.05) is 6.20 Å². The molecule has 12 heteroatoms. The number of aliphatic hydroxyl groups excluding tert-OH is 2. The third-order valence-corrected chi connectivity index (χ3v) is 5.47. The maximum Gasteiger partial charge on any atom is 0.419 e. The van der Waals surface area contributed by atoms with E-state index >= 15 is 0 Å². The summed E-state index contributed by atoms with van der Waals surface area (Å²) in [7, 11) is 0. The van der Waals surface area contributed by atoms with Crippen molar-refractivity contribution in [3.63, 3.8) is 0 Å². The summed E-state index contributed by atoms with van der Waals surface area (Å²) in [6.45, 7) is 1.18. The van der Waals surface area contributed by atoms with Crippen LogP contribution in [-0.2, 0) is 10.9 Å². The molecule has 0 unspecified atom stereocenters. The number of aliphatic hydroxyl groups is 3. The fraction of sp³-hybridized carbons (Fsp3) is 0.368. The number of nitrogens with zero attached hydrogens (tertiary/aromatic N) is 3. The first-order chi connectivity index (χ1) is 14.4. The molecule has 0 amide bonds. The van der Waals surface area contributed by atoms with E-state index in [9.17, 15) is 32.9 Å². The van der Waals surface area contributed by atoms with E-state index in [4.69, 9.17) is 10.5 Å². The Morgan fingerprint density at radius 2 is 1.97 bits per heavy atom. The van der Waals surface area contributed by atoms with Gasteiger partial charge in [0.2, 0.25) is 0 Å². The third kappa shape index (κ3) is 3.41. The van der Waals surface area contributed by atoms with E-state index in [1.165, 1.54) is 24.0 Å². The molecule has 2 aromatic heterocycles. The summed E-state index contributed by atoms with van der Waals surface area (Å²) in [4.78, 5) is 7.93. The number of nitrogen functional groups attached to an aromatic ring is 1. The maximum absolute atomic E-state index is 13.6. The molecular formula is C19H18F4N4O4. The molecule has 1 aliphatic rings. The number of anilines is 1. The molecule has 0 aliphatic carbocycles. The molecule has 8 nitrogen and oxygen atoms in total. The average molecular weight is 442 g/mol. The molecule has 0 spiro atoms. The molecule has 1 aromatic carbocycles. The van der Waals surface area contributed by atoms with Crippen molar-refractivity contribution < 1.29 is 37.6 Å². The van der Waals surface area contributed by atoms with Crippen LogP contribution in [-0.4, -0.2) is 47.7 Å². The summed E-state index contributed by atoms with van der Waals surface area (Å²) in [6.07, 6.45) is -8.51. The lowest BCUT2D eigenvalue weighted by atomic mass is 9.88. The molecule has 4 rings (SSSR count). The molecule has 0 radical (unpaired) electrons. The molecule has 3 aromatic rings. The Morgan fingerprint density at radius 3 is 2.65 bits per heavy atom. The van der Waals surface area contributed by atoms with Crippen LogP contribution < -0.4 is 5.73 Å². The van der Waals surface area contributed by atoms with Crippen molar-refractivity contribution in [3.05, 3.63) is 53.7 Å². The summed E-state index contributed by atoms with van der Waals surface area (Å²) in [5, 5.41) is 32.7. The van der Waals surface area contributed by atoms with E-state index in [-0.39, 0.29) is 17.0 Å². The van der Waals surface area contributed by atoms with Crippen LogP contribution >= 0.6 is 0 Å². The number of hydrogen-bond donors (Lipinski definition) is 4. The largest absolute Gasteiger partial charge is 0.419 e. The van der Waals surface area contributed by atoms with E-state index in [1.54, 1.807) is 6.07 Å². The van der Waals surface area contributed by atoms with Gasteiger partial charge in [-0.05, 0) is 30.7 Å². The van der Waals surface area contributed by atoms with Crippen LogP contribution in [0.5, 0.6) is 0 Å². The first-order valence-corrected chi connectivity index (χ1v) is 9.10. The highest BCUT2D eigenvalue weighted by molar-refractivity contribution is 5.86. The Balaban J connectivity index is 1.71. The SMILES string of the molecule is C[C@@]1(O)[C@@H]([C@H](O)c2ccc(F)c(C(F)(F)F)c2)O[C@@H](n2ccc3c(N)ncnc32)[C@@H]1O. The van der Waals surface area contributed by atoms with Crippen molar-refractivity contribution in [1.29, 1.82) is 0 Å². The molecule has 31 heavy (non-hydrogen) atoms. The normalized spacial score (nSPS) is 27.7. The van der Waals surface area contributed by atoms with Crippen LogP contribution in [0, 0.1) is 5.82 Å². The van der Waals surface area contributed by atoms with Gasteiger partial charge >= 0.3 is 6.18 Å². The second kappa shape index (κ2) is 7.12. The number of halogens is 4. The number of fused-ring (bicyclic) bond motifs is 1. The van der Waals surface area contributed by atoms with Crippen molar-refractivity contribution in [3.8, 4) is 0 Å². The van der Waals surface area contributed by atoms with Crippen LogP contribution in [0.4, 0.5) is 23.4 Å². The van der Waals surface area contributed by atoms with Gasteiger partial charge in [-0.15, -0.1) is 0 Å². The van der Waals surface area contributed by atoms with Gasteiger partial charge in [0.05, 0.1) is 10.9 Å². The predicted molar refractivity (Wildman–Crippen MR) is 98.8 cm³/mol. The van der Waals surface area contributed by atoms with Crippen molar-refractivity contribution >= 4 is 16.9 Å². The van der Waals surface area contributed by atoms with Crippen LogP contribution in [0.15, 0.2) is 36.8 Å². The molecule has 0 saturated carbocycles. The number of aromatic nitrogens is 3. The number of alkyl halides is 3.